The first-order valence-corrected chi connectivity index (χ1v) is 10.4. The third-order valence-corrected chi connectivity index (χ3v) is 5.41. The minimum Gasteiger partial charge on any atom is -0.342 e. The van der Waals surface area contributed by atoms with Crippen molar-refractivity contribution in [2.45, 2.75) is 40.0 Å². The van der Waals surface area contributed by atoms with E-state index in [1.807, 2.05) is 32.0 Å². The van der Waals surface area contributed by atoms with E-state index in [9.17, 15) is 14.4 Å². The van der Waals surface area contributed by atoms with Gasteiger partial charge in [-0.15, -0.1) is 0 Å². The zero-order chi connectivity index (χ0) is 21.7. The van der Waals surface area contributed by atoms with Crippen LogP contribution in [0, 0.1) is 19.8 Å². The van der Waals surface area contributed by atoms with Crippen LogP contribution in [-0.4, -0.2) is 35.7 Å². The lowest BCUT2D eigenvalue weighted by Crippen LogP contribution is -2.29. The molecule has 0 aromatic heterocycles. The van der Waals surface area contributed by atoms with E-state index in [1.54, 1.807) is 29.2 Å². The molecule has 3 amide bonds. The zero-order valence-electron chi connectivity index (χ0n) is 17.8. The number of aryl methyl sites for hydroxylation is 2. The predicted octanol–water partition coefficient (Wildman–Crippen LogP) is 4.14. The summed E-state index contributed by atoms with van der Waals surface area (Å²) in [4.78, 5) is 38.9. The second kappa shape index (κ2) is 9.57. The highest BCUT2D eigenvalue weighted by atomic mass is 16.2. The van der Waals surface area contributed by atoms with E-state index in [2.05, 4.69) is 17.6 Å². The molecule has 1 atom stereocenters. The number of carbonyl (C=O) groups excluding carboxylic acids is 3. The van der Waals surface area contributed by atoms with Gasteiger partial charge in [0.15, 0.2) is 0 Å². The smallest absolute Gasteiger partial charge is 0.255 e. The first-order valence-electron chi connectivity index (χ1n) is 10.4. The van der Waals surface area contributed by atoms with Crippen molar-refractivity contribution in [2.75, 3.05) is 23.7 Å². The van der Waals surface area contributed by atoms with E-state index >= 15 is 0 Å². The van der Waals surface area contributed by atoms with Crippen LogP contribution in [0.25, 0.3) is 0 Å². The second-order valence-electron chi connectivity index (χ2n) is 7.93. The number of hydrogen-bond donors (Lipinski definition) is 2. The molecule has 0 aliphatic carbocycles. The van der Waals surface area contributed by atoms with Crippen LogP contribution in [0.2, 0.25) is 0 Å². The van der Waals surface area contributed by atoms with Crippen LogP contribution < -0.4 is 10.6 Å². The molecule has 2 aromatic rings. The Morgan fingerprint density at radius 2 is 1.80 bits per heavy atom. The molecule has 6 heteroatoms. The summed E-state index contributed by atoms with van der Waals surface area (Å²) in [6.45, 7) is 7.23. The Morgan fingerprint density at radius 1 is 1.07 bits per heavy atom. The second-order valence-corrected chi connectivity index (χ2v) is 7.93. The van der Waals surface area contributed by atoms with Gasteiger partial charge in [0.25, 0.3) is 5.91 Å². The molecule has 3 rings (SSSR count). The molecule has 2 N–H and O–H groups in total. The largest absolute Gasteiger partial charge is 0.342 e. The lowest BCUT2D eigenvalue weighted by Gasteiger charge is -2.16. The summed E-state index contributed by atoms with van der Waals surface area (Å²) in [5.74, 6) is -0.647. The normalized spacial score (nSPS) is 15.9. The van der Waals surface area contributed by atoms with Gasteiger partial charge in [-0.25, -0.2) is 0 Å². The number of rotatable bonds is 7. The summed E-state index contributed by atoms with van der Waals surface area (Å²) in [7, 11) is 0. The highest BCUT2D eigenvalue weighted by Gasteiger charge is 2.33. The molecular formula is C24H29N3O3. The van der Waals surface area contributed by atoms with Gasteiger partial charge in [0.2, 0.25) is 11.8 Å². The number of nitrogens with zero attached hydrogens (tertiary/aromatic N) is 1. The fourth-order valence-corrected chi connectivity index (χ4v) is 3.61. The van der Waals surface area contributed by atoms with Gasteiger partial charge >= 0.3 is 0 Å². The number of benzene rings is 2. The average molecular weight is 408 g/mol. The average Bonchev–Trinajstić information content (AvgIpc) is 3.09. The lowest BCUT2D eigenvalue weighted by molar-refractivity contribution is -0.128. The van der Waals surface area contributed by atoms with Crippen molar-refractivity contribution >= 4 is 29.1 Å². The molecule has 2 aromatic carbocycles. The molecule has 1 heterocycles. The third-order valence-electron chi connectivity index (χ3n) is 5.41. The monoisotopic (exact) mass is 407 g/mol. The summed E-state index contributed by atoms with van der Waals surface area (Å²) < 4.78 is 0. The Hall–Kier alpha value is -3.15. The number of hydrogen-bond acceptors (Lipinski definition) is 3. The van der Waals surface area contributed by atoms with Crippen LogP contribution in [0.4, 0.5) is 11.4 Å². The summed E-state index contributed by atoms with van der Waals surface area (Å²) in [6.07, 6.45) is 2.22. The molecule has 30 heavy (non-hydrogen) atoms. The Balaban J connectivity index is 1.57. The molecule has 1 saturated heterocycles. The van der Waals surface area contributed by atoms with Crippen molar-refractivity contribution in [1.82, 2.24) is 4.90 Å². The molecule has 0 radical (unpaired) electrons. The molecule has 0 spiro atoms. The van der Waals surface area contributed by atoms with Crippen molar-refractivity contribution in [3.8, 4) is 0 Å². The van der Waals surface area contributed by atoms with Gasteiger partial charge < -0.3 is 15.5 Å². The highest BCUT2D eigenvalue weighted by Crippen LogP contribution is 2.21. The number of nitrogens with one attached hydrogen (secondary N) is 2. The van der Waals surface area contributed by atoms with Gasteiger partial charge in [-0.2, -0.15) is 0 Å². The van der Waals surface area contributed by atoms with Gasteiger partial charge in [-0.05, 0) is 56.2 Å². The van der Waals surface area contributed by atoms with E-state index in [1.165, 1.54) is 0 Å². The Labute approximate surface area is 177 Å². The lowest BCUT2D eigenvalue weighted by atomic mass is 10.1. The molecule has 1 aliphatic rings. The number of anilines is 2. The van der Waals surface area contributed by atoms with Crippen LogP contribution >= 0.6 is 0 Å². The van der Waals surface area contributed by atoms with E-state index < -0.39 is 0 Å². The molecule has 0 saturated carbocycles. The van der Waals surface area contributed by atoms with Gasteiger partial charge in [-0.1, -0.05) is 31.0 Å². The fourth-order valence-electron chi connectivity index (χ4n) is 3.61. The molecule has 1 aliphatic heterocycles. The molecular weight excluding hydrogens is 378 g/mol. The molecule has 1 fully saturated rings. The first-order chi connectivity index (χ1) is 14.4. The van der Waals surface area contributed by atoms with Crippen LogP contribution in [0.15, 0.2) is 42.5 Å². The van der Waals surface area contributed by atoms with Crippen molar-refractivity contribution < 1.29 is 14.4 Å². The first kappa shape index (κ1) is 21.6. The minimum absolute atomic E-state index is 0.0435. The molecule has 6 nitrogen and oxygen atoms in total. The van der Waals surface area contributed by atoms with Crippen LogP contribution in [-0.2, 0) is 9.59 Å². The summed E-state index contributed by atoms with van der Waals surface area (Å²) in [5, 5.41) is 5.78. The maximum Gasteiger partial charge on any atom is 0.255 e. The van der Waals surface area contributed by atoms with Crippen molar-refractivity contribution in [1.29, 1.82) is 0 Å². The topological polar surface area (TPSA) is 78.5 Å². The zero-order valence-corrected chi connectivity index (χ0v) is 17.8. The number of unbranched alkanes of at least 4 members (excludes halogenated alkanes) is 1. The standard InChI is InChI=1S/C24H29N3O3/c1-4-5-12-27-15-19(14-22(27)28)24(30)25-20-9-7-18(8-10-20)23(29)26-21-11-6-16(2)13-17(21)3/h6-11,13,19H,4-5,12,14-15H2,1-3H3,(H,25,30)(H,26,29). The van der Waals surface area contributed by atoms with Gasteiger partial charge in [0.05, 0.1) is 5.92 Å². The quantitative estimate of drug-likeness (QED) is 0.724. The van der Waals surface area contributed by atoms with Gasteiger partial charge in [0, 0.05) is 36.4 Å². The van der Waals surface area contributed by atoms with Crippen LogP contribution in [0.1, 0.15) is 47.7 Å². The predicted molar refractivity (Wildman–Crippen MR) is 119 cm³/mol. The third kappa shape index (κ3) is 5.26. The number of likely N-dealkylation sites (tertiary alicyclic amines) is 1. The number of carbonyl (C=O) groups is 3. The molecule has 158 valence electrons. The summed E-state index contributed by atoms with van der Waals surface area (Å²) in [5.41, 5.74) is 4.05. The number of amides is 3. The van der Waals surface area contributed by atoms with Gasteiger partial charge in [0.1, 0.15) is 0 Å². The highest BCUT2D eigenvalue weighted by molar-refractivity contribution is 6.05. The SMILES string of the molecule is CCCCN1CC(C(=O)Nc2ccc(C(=O)Nc3ccc(C)cc3C)cc2)CC1=O. The molecule has 0 bridgehead atoms. The summed E-state index contributed by atoms with van der Waals surface area (Å²) in [6, 6.07) is 12.7. The minimum atomic E-state index is -0.332. The Kier molecular flexibility index (Phi) is 6.87. The summed E-state index contributed by atoms with van der Waals surface area (Å²) >= 11 is 0. The Bertz CT molecular complexity index is 937. The maximum atomic E-state index is 12.5. The van der Waals surface area contributed by atoms with E-state index in [0.29, 0.717) is 24.3 Å². The Morgan fingerprint density at radius 3 is 2.47 bits per heavy atom. The van der Waals surface area contributed by atoms with Crippen LogP contribution in [0.3, 0.4) is 0 Å². The van der Waals surface area contributed by atoms with E-state index in [-0.39, 0.29) is 30.1 Å². The van der Waals surface area contributed by atoms with Crippen molar-refractivity contribution in [3.63, 3.8) is 0 Å². The van der Waals surface area contributed by atoms with E-state index in [0.717, 1.165) is 29.7 Å². The van der Waals surface area contributed by atoms with Crippen molar-refractivity contribution in [3.05, 3.63) is 59.2 Å². The maximum absolute atomic E-state index is 12.5. The van der Waals surface area contributed by atoms with Crippen molar-refractivity contribution in [2.24, 2.45) is 5.92 Å². The fraction of sp³-hybridized carbons (Fsp3) is 0.375. The van der Waals surface area contributed by atoms with Crippen LogP contribution in [0.5, 0.6) is 0 Å². The van der Waals surface area contributed by atoms with Gasteiger partial charge in [-0.3, -0.25) is 14.4 Å². The van der Waals surface area contributed by atoms with E-state index in [4.69, 9.17) is 0 Å². The molecule has 1 unspecified atom stereocenters.